The van der Waals surface area contributed by atoms with Crippen LogP contribution in [0.1, 0.15) is 32.6 Å². The molecule has 6 nitrogen and oxygen atoms in total. The number of halogens is 1. The van der Waals surface area contributed by atoms with Crippen LogP contribution in [0.2, 0.25) is 5.02 Å². The number of benzene rings is 1. The molecule has 0 atom stereocenters. The zero-order valence-electron chi connectivity index (χ0n) is 15.4. The molecule has 2 aliphatic rings. The molecule has 1 saturated carbocycles. The average molecular weight is 381 g/mol. The third kappa shape index (κ3) is 3.47. The lowest BCUT2D eigenvalue weighted by Crippen LogP contribution is -2.46. The predicted molar refractivity (Wildman–Crippen MR) is 99.8 cm³/mol. The molecule has 0 aromatic heterocycles. The van der Waals surface area contributed by atoms with Gasteiger partial charge in [-0.25, -0.2) is 0 Å². The van der Waals surface area contributed by atoms with Gasteiger partial charge < -0.3 is 19.7 Å². The quantitative estimate of drug-likeness (QED) is 0.795. The molecular formula is C19H25ClN2O4. The van der Waals surface area contributed by atoms with Gasteiger partial charge in [-0.2, -0.15) is 0 Å². The predicted octanol–water partition coefficient (Wildman–Crippen LogP) is 3.33. The molecule has 2 amide bonds. The fourth-order valence-corrected chi connectivity index (χ4v) is 3.61. The Morgan fingerprint density at radius 1 is 1.15 bits per heavy atom. The zero-order chi connectivity index (χ0) is 18.9. The van der Waals surface area contributed by atoms with Crippen LogP contribution in [0.15, 0.2) is 12.1 Å². The van der Waals surface area contributed by atoms with Crippen molar-refractivity contribution in [3.05, 3.63) is 17.2 Å². The van der Waals surface area contributed by atoms with Crippen molar-refractivity contribution in [1.29, 1.82) is 0 Å². The largest absolute Gasteiger partial charge is 0.495 e. The van der Waals surface area contributed by atoms with E-state index < -0.39 is 5.41 Å². The molecule has 1 aromatic rings. The molecular weight excluding hydrogens is 356 g/mol. The Bertz CT molecular complexity index is 710. The maximum Gasteiger partial charge on any atom is 0.240 e. The summed E-state index contributed by atoms with van der Waals surface area (Å²) >= 11 is 6.10. The Morgan fingerprint density at radius 3 is 2.31 bits per heavy atom. The van der Waals surface area contributed by atoms with E-state index in [1.807, 2.05) is 4.90 Å². The normalized spacial score (nSPS) is 19.0. The number of nitrogens with one attached hydrogen (secondary N) is 1. The van der Waals surface area contributed by atoms with E-state index in [1.165, 1.54) is 14.2 Å². The molecule has 1 aromatic carbocycles. The van der Waals surface area contributed by atoms with Gasteiger partial charge in [0.1, 0.15) is 16.9 Å². The highest BCUT2D eigenvalue weighted by molar-refractivity contribution is 6.32. The molecule has 0 radical (unpaired) electrons. The fourth-order valence-electron chi connectivity index (χ4n) is 3.38. The molecule has 3 rings (SSSR count). The summed E-state index contributed by atoms with van der Waals surface area (Å²) in [6, 6.07) is 3.20. The number of hydrogen-bond donors (Lipinski definition) is 1. The van der Waals surface area contributed by atoms with Gasteiger partial charge in [-0.15, -0.1) is 0 Å². The molecule has 1 aliphatic heterocycles. The molecule has 2 fully saturated rings. The van der Waals surface area contributed by atoms with E-state index in [4.69, 9.17) is 21.1 Å². The average Bonchev–Trinajstić information content (AvgIpc) is 3.44. The second-order valence-electron chi connectivity index (χ2n) is 7.20. The summed E-state index contributed by atoms with van der Waals surface area (Å²) in [6.07, 6.45) is 3.14. The van der Waals surface area contributed by atoms with Crippen LogP contribution in [0.5, 0.6) is 11.5 Å². The summed E-state index contributed by atoms with van der Waals surface area (Å²) in [7, 11) is 3.00. The van der Waals surface area contributed by atoms with E-state index in [0.717, 1.165) is 25.9 Å². The highest BCUT2D eigenvalue weighted by Gasteiger charge is 2.58. The Morgan fingerprint density at radius 2 is 1.77 bits per heavy atom. The van der Waals surface area contributed by atoms with Gasteiger partial charge in [-0.1, -0.05) is 18.5 Å². The number of ether oxygens (including phenoxy) is 2. The van der Waals surface area contributed by atoms with Gasteiger partial charge in [0.15, 0.2) is 0 Å². The van der Waals surface area contributed by atoms with Crippen LogP contribution in [-0.2, 0) is 9.59 Å². The van der Waals surface area contributed by atoms with Crippen LogP contribution < -0.4 is 14.8 Å². The number of amides is 2. The molecule has 0 unspecified atom stereocenters. The first-order chi connectivity index (χ1) is 12.4. The first kappa shape index (κ1) is 18.8. The number of piperidine rings is 1. The van der Waals surface area contributed by atoms with Crippen molar-refractivity contribution < 1.29 is 19.1 Å². The van der Waals surface area contributed by atoms with Gasteiger partial charge in [0.25, 0.3) is 0 Å². The fraction of sp³-hybridized carbons (Fsp3) is 0.579. The lowest BCUT2D eigenvalue weighted by molar-refractivity contribution is -0.143. The maximum atomic E-state index is 12.9. The lowest BCUT2D eigenvalue weighted by atomic mass is 9.96. The number of rotatable bonds is 5. The third-order valence-electron chi connectivity index (χ3n) is 5.39. The summed E-state index contributed by atoms with van der Waals surface area (Å²) in [6.45, 7) is 3.65. The molecule has 1 heterocycles. The van der Waals surface area contributed by atoms with Crippen LogP contribution in [-0.4, -0.2) is 44.0 Å². The monoisotopic (exact) mass is 380 g/mol. The Hall–Kier alpha value is -1.95. The minimum atomic E-state index is -0.946. The van der Waals surface area contributed by atoms with Crippen molar-refractivity contribution >= 4 is 29.1 Å². The van der Waals surface area contributed by atoms with E-state index in [-0.39, 0.29) is 11.8 Å². The number of carbonyl (C=O) groups is 2. The van der Waals surface area contributed by atoms with Crippen molar-refractivity contribution in [3.8, 4) is 11.5 Å². The number of nitrogens with zero attached hydrogens (tertiary/aromatic N) is 1. The highest BCUT2D eigenvalue weighted by atomic mass is 35.5. The lowest BCUT2D eigenvalue weighted by Gasteiger charge is -2.32. The summed E-state index contributed by atoms with van der Waals surface area (Å²) in [5.74, 6) is 1.16. The molecule has 1 N–H and O–H groups in total. The molecule has 142 valence electrons. The maximum absolute atomic E-state index is 12.9. The van der Waals surface area contributed by atoms with Crippen LogP contribution in [0.25, 0.3) is 0 Å². The molecule has 7 heteroatoms. The summed E-state index contributed by atoms with van der Waals surface area (Å²) < 4.78 is 10.5. The molecule has 0 spiro atoms. The Balaban J connectivity index is 1.76. The molecule has 1 aliphatic carbocycles. The Kier molecular flexibility index (Phi) is 5.32. The number of hydrogen-bond acceptors (Lipinski definition) is 4. The van der Waals surface area contributed by atoms with Crippen molar-refractivity contribution in [2.45, 2.75) is 32.6 Å². The summed E-state index contributed by atoms with van der Waals surface area (Å²) in [4.78, 5) is 27.7. The van der Waals surface area contributed by atoms with Crippen LogP contribution >= 0.6 is 11.6 Å². The van der Waals surface area contributed by atoms with Gasteiger partial charge >= 0.3 is 0 Å². The van der Waals surface area contributed by atoms with Gasteiger partial charge in [-0.3, -0.25) is 9.59 Å². The SMILES string of the molecule is COc1cc(NC(=O)C2(C(=O)N3CCC(C)CC3)CC2)c(OC)cc1Cl. The Labute approximate surface area is 158 Å². The number of anilines is 1. The van der Waals surface area contributed by atoms with Crippen LogP contribution in [0.3, 0.4) is 0 Å². The zero-order valence-corrected chi connectivity index (χ0v) is 16.2. The van der Waals surface area contributed by atoms with Crippen molar-refractivity contribution in [2.24, 2.45) is 11.3 Å². The number of carbonyl (C=O) groups excluding carboxylic acids is 2. The summed E-state index contributed by atoms with van der Waals surface area (Å²) in [5.41, 5.74) is -0.497. The first-order valence-electron chi connectivity index (χ1n) is 8.93. The number of likely N-dealkylation sites (tertiary alicyclic amines) is 1. The van der Waals surface area contributed by atoms with Crippen molar-refractivity contribution in [2.75, 3.05) is 32.6 Å². The third-order valence-corrected chi connectivity index (χ3v) is 5.68. The van der Waals surface area contributed by atoms with Gasteiger partial charge in [0.05, 0.1) is 24.9 Å². The first-order valence-corrected chi connectivity index (χ1v) is 9.31. The standard InChI is InChI=1S/C19H25ClN2O4/c1-12-4-8-22(9-5-12)18(24)19(6-7-19)17(23)21-14-11-15(25-2)13(20)10-16(14)26-3/h10-12H,4-9H2,1-3H3,(H,21,23). The topological polar surface area (TPSA) is 67.9 Å². The molecule has 0 bridgehead atoms. The van der Waals surface area contributed by atoms with Gasteiger partial charge in [-0.05, 0) is 31.6 Å². The van der Waals surface area contributed by atoms with E-state index in [1.54, 1.807) is 12.1 Å². The second-order valence-corrected chi connectivity index (χ2v) is 7.61. The number of methoxy groups -OCH3 is 2. The van der Waals surface area contributed by atoms with E-state index in [0.29, 0.717) is 41.0 Å². The minimum Gasteiger partial charge on any atom is -0.495 e. The molecule has 1 saturated heterocycles. The van der Waals surface area contributed by atoms with Gasteiger partial charge in [0.2, 0.25) is 11.8 Å². The smallest absolute Gasteiger partial charge is 0.240 e. The second kappa shape index (κ2) is 7.35. The van der Waals surface area contributed by atoms with Crippen molar-refractivity contribution in [3.63, 3.8) is 0 Å². The highest BCUT2D eigenvalue weighted by Crippen LogP contribution is 2.49. The minimum absolute atomic E-state index is 0.0539. The van der Waals surface area contributed by atoms with E-state index in [9.17, 15) is 9.59 Å². The van der Waals surface area contributed by atoms with Crippen LogP contribution in [0.4, 0.5) is 5.69 Å². The van der Waals surface area contributed by atoms with E-state index in [2.05, 4.69) is 12.2 Å². The van der Waals surface area contributed by atoms with Crippen molar-refractivity contribution in [1.82, 2.24) is 4.90 Å². The van der Waals surface area contributed by atoms with Crippen LogP contribution in [0, 0.1) is 11.3 Å². The van der Waals surface area contributed by atoms with Gasteiger partial charge in [0, 0.05) is 25.2 Å². The molecule has 26 heavy (non-hydrogen) atoms. The van der Waals surface area contributed by atoms with E-state index >= 15 is 0 Å². The summed E-state index contributed by atoms with van der Waals surface area (Å²) in [5, 5.41) is 3.24.